The van der Waals surface area contributed by atoms with E-state index in [1.165, 1.54) is 0 Å². The van der Waals surface area contributed by atoms with Gasteiger partial charge in [0.2, 0.25) is 12.7 Å². The number of aromatic nitrogens is 2. The molecule has 1 aliphatic heterocycles. The zero-order chi connectivity index (χ0) is 16.2. The number of amides is 1. The molecular weight excluding hydrogens is 294 g/mol. The summed E-state index contributed by atoms with van der Waals surface area (Å²) in [6, 6.07) is 5.70. The molecule has 6 nitrogen and oxygen atoms in total. The van der Waals surface area contributed by atoms with Gasteiger partial charge in [-0.3, -0.25) is 9.48 Å². The first-order valence-corrected chi connectivity index (χ1v) is 7.84. The van der Waals surface area contributed by atoms with Crippen molar-refractivity contribution in [1.29, 1.82) is 0 Å². The van der Waals surface area contributed by atoms with Crippen LogP contribution in [-0.2, 0) is 24.3 Å². The summed E-state index contributed by atoms with van der Waals surface area (Å²) in [5.74, 6) is 1.52. The van der Waals surface area contributed by atoms with Crippen LogP contribution in [0.1, 0.15) is 30.2 Å². The van der Waals surface area contributed by atoms with Crippen molar-refractivity contribution in [2.24, 2.45) is 0 Å². The Morgan fingerprint density at radius 2 is 2.17 bits per heavy atom. The van der Waals surface area contributed by atoms with Crippen molar-refractivity contribution in [3.8, 4) is 11.5 Å². The van der Waals surface area contributed by atoms with Crippen LogP contribution in [0.5, 0.6) is 11.5 Å². The fraction of sp³-hybridized carbons (Fsp3) is 0.412. The van der Waals surface area contributed by atoms with Gasteiger partial charge in [0.15, 0.2) is 11.5 Å². The standard InChI is InChI=1S/C17H21N3O3/c1-3-20-10-14(12(2)19-20)5-7-17(21)18-9-13-4-6-15-16(8-13)23-11-22-15/h4,6,8,10H,3,5,7,9,11H2,1-2H3,(H,18,21). The highest BCUT2D eigenvalue weighted by Gasteiger charge is 2.13. The molecule has 1 amide bonds. The van der Waals surface area contributed by atoms with Crippen LogP contribution >= 0.6 is 0 Å². The number of carbonyl (C=O) groups is 1. The summed E-state index contributed by atoms with van der Waals surface area (Å²) in [7, 11) is 0. The summed E-state index contributed by atoms with van der Waals surface area (Å²) in [6.07, 6.45) is 3.18. The van der Waals surface area contributed by atoms with Gasteiger partial charge < -0.3 is 14.8 Å². The van der Waals surface area contributed by atoms with Gasteiger partial charge in [0.1, 0.15) is 0 Å². The van der Waals surface area contributed by atoms with Crippen LogP contribution in [0.15, 0.2) is 24.4 Å². The lowest BCUT2D eigenvalue weighted by Crippen LogP contribution is -2.23. The Balaban J connectivity index is 1.48. The van der Waals surface area contributed by atoms with E-state index in [-0.39, 0.29) is 12.7 Å². The molecule has 2 aromatic rings. The minimum atomic E-state index is 0.0336. The van der Waals surface area contributed by atoms with Crippen molar-refractivity contribution in [3.63, 3.8) is 0 Å². The molecule has 1 aromatic carbocycles. The average molecular weight is 315 g/mol. The lowest BCUT2D eigenvalue weighted by molar-refractivity contribution is -0.121. The minimum absolute atomic E-state index is 0.0336. The van der Waals surface area contributed by atoms with Crippen LogP contribution in [0.25, 0.3) is 0 Å². The Morgan fingerprint density at radius 1 is 1.35 bits per heavy atom. The quantitative estimate of drug-likeness (QED) is 0.887. The van der Waals surface area contributed by atoms with E-state index in [4.69, 9.17) is 9.47 Å². The molecule has 0 unspecified atom stereocenters. The molecule has 1 aliphatic rings. The number of hydrogen-bond acceptors (Lipinski definition) is 4. The van der Waals surface area contributed by atoms with Crippen molar-refractivity contribution in [2.75, 3.05) is 6.79 Å². The van der Waals surface area contributed by atoms with Crippen LogP contribution in [0, 0.1) is 6.92 Å². The van der Waals surface area contributed by atoms with Gasteiger partial charge in [-0.25, -0.2) is 0 Å². The van der Waals surface area contributed by atoms with Gasteiger partial charge in [0.25, 0.3) is 0 Å². The number of fused-ring (bicyclic) bond motifs is 1. The zero-order valence-electron chi connectivity index (χ0n) is 13.5. The van der Waals surface area contributed by atoms with E-state index >= 15 is 0 Å². The smallest absolute Gasteiger partial charge is 0.231 e. The Kier molecular flexibility index (Phi) is 4.50. The van der Waals surface area contributed by atoms with Crippen LogP contribution in [0.2, 0.25) is 0 Å². The molecular formula is C17H21N3O3. The summed E-state index contributed by atoms with van der Waals surface area (Å²) < 4.78 is 12.5. The first-order chi connectivity index (χ1) is 11.2. The van der Waals surface area contributed by atoms with E-state index in [0.717, 1.165) is 34.9 Å². The molecule has 0 spiro atoms. The maximum absolute atomic E-state index is 12.0. The second kappa shape index (κ2) is 6.73. The van der Waals surface area contributed by atoms with E-state index in [9.17, 15) is 4.79 Å². The van der Waals surface area contributed by atoms with Crippen LogP contribution in [-0.4, -0.2) is 22.5 Å². The summed E-state index contributed by atoms with van der Waals surface area (Å²) >= 11 is 0. The second-order valence-corrected chi connectivity index (χ2v) is 5.56. The average Bonchev–Trinajstić information content (AvgIpc) is 3.16. The molecule has 122 valence electrons. The molecule has 1 aromatic heterocycles. The summed E-state index contributed by atoms with van der Waals surface area (Å²) in [6.45, 7) is 5.62. The third-order valence-corrected chi connectivity index (χ3v) is 3.92. The van der Waals surface area contributed by atoms with Crippen molar-refractivity contribution in [1.82, 2.24) is 15.1 Å². The number of rotatable bonds is 6. The molecule has 0 saturated heterocycles. The van der Waals surface area contributed by atoms with Crippen molar-refractivity contribution >= 4 is 5.91 Å². The molecule has 23 heavy (non-hydrogen) atoms. The number of carbonyl (C=O) groups excluding carboxylic acids is 1. The highest BCUT2D eigenvalue weighted by molar-refractivity contribution is 5.76. The van der Waals surface area contributed by atoms with Gasteiger partial charge in [-0.1, -0.05) is 6.07 Å². The van der Waals surface area contributed by atoms with E-state index in [1.807, 2.05) is 42.9 Å². The summed E-state index contributed by atoms with van der Waals surface area (Å²) in [4.78, 5) is 12.0. The Hall–Kier alpha value is -2.50. The molecule has 0 bridgehead atoms. The van der Waals surface area contributed by atoms with E-state index in [0.29, 0.717) is 19.4 Å². The number of nitrogens with one attached hydrogen (secondary N) is 1. The molecule has 0 aliphatic carbocycles. The van der Waals surface area contributed by atoms with Gasteiger partial charge in [-0.15, -0.1) is 0 Å². The number of aryl methyl sites for hydroxylation is 3. The summed E-state index contributed by atoms with van der Waals surface area (Å²) in [5, 5.41) is 7.33. The van der Waals surface area contributed by atoms with Crippen molar-refractivity contribution in [2.45, 2.75) is 39.8 Å². The minimum Gasteiger partial charge on any atom is -0.454 e. The number of hydrogen-bond donors (Lipinski definition) is 1. The van der Waals surface area contributed by atoms with Crippen molar-refractivity contribution in [3.05, 3.63) is 41.2 Å². The molecule has 0 fully saturated rings. The molecule has 0 atom stereocenters. The van der Waals surface area contributed by atoms with Crippen molar-refractivity contribution < 1.29 is 14.3 Å². The molecule has 2 heterocycles. The molecule has 0 saturated carbocycles. The highest BCUT2D eigenvalue weighted by Crippen LogP contribution is 2.32. The van der Waals surface area contributed by atoms with Gasteiger partial charge in [-0.05, 0) is 43.5 Å². The van der Waals surface area contributed by atoms with Gasteiger partial charge >= 0.3 is 0 Å². The molecule has 6 heteroatoms. The molecule has 0 radical (unpaired) electrons. The first kappa shape index (κ1) is 15.4. The topological polar surface area (TPSA) is 65.4 Å². The Labute approximate surface area is 135 Å². The third kappa shape index (κ3) is 3.64. The van der Waals surface area contributed by atoms with Crippen LogP contribution < -0.4 is 14.8 Å². The molecule has 3 rings (SSSR count). The van der Waals surface area contributed by atoms with E-state index < -0.39 is 0 Å². The summed E-state index contributed by atoms with van der Waals surface area (Å²) in [5.41, 5.74) is 3.12. The molecule has 1 N–H and O–H groups in total. The van der Waals surface area contributed by atoms with Gasteiger partial charge in [0.05, 0.1) is 5.69 Å². The number of benzene rings is 1. The van der Waals surface area contributed by atoms with E-state index in [2.05, 4.69) is 10.4 Å². The monoisotopic (exact) mass is 315 g/mol. The maximum atomic E-state index is 12.0. The maximum Gasteiger partial charge on any atom is 0.231 e. The highest BCUT2D eigenvalue weighted by atomic mass is 16.7. The Morgan fingerprint density at radius 3 is 2.96 bits per heavy atom. The first-order valence-electron chi connectivity index (χ1n) is 7.84. The number of nitrogens with zero attached hydrogens (tertiary/aromatic N) is 2. The normalized spacial score (nSPS) is 12.4. The van der Waals surface area contributed by atoms with Crippen LogP contribution in [0.3, 0.4) is 0 Å². The number of ether oxygens (including phenoxy) is 2. The SMILES string of the molecule is CCn1cc(CCC(=O)NCc2ccc3c(c2)OCO3)c(C)n1. The zero-order valence-corrected chi connectivity index (χ0v) is 13.5. The van der Waals surface area contributed by atoms with Crippen LogP contribution in [0.4, 0.5) is 0 Å². The van der Waals surface area contributed by atoms with Gasteiger partial charge in [-0.2, -0.15) is 5.10 Å². The third-order valence-electron chi connectivity index (χ3n) is 3.92. The van der Waals surface area contributed by atoms with Gasteiger partial charge in [0, 0.05) is 25.7 Å². The second-order valence-electron chi connectivity index (χ2n) is 5.56. The lowest BCUT2D eigenvalue weighted by atomic mass is 10.1. The fourth-order valence-corrected chi connectivity index (χ4v) is 2.55. The predicted octanol–water partition coefficient (Wildman–Crippen LogP) is 2.19. The largest absolute Gasteiger partial charge is 0.454 e. The fourth-order valence-electron chi connectivity index (χ4n) is 2.55. The Bertz CT molecular complexity index is 709. The predicted molar refractivity (Wildman–Crippen MR) is 85.4 cm³/mol. The lowest BCUT2D eigenvalue weighted by Gasteiger charge is -2.06. The van der Waals surface area contributed by atoms with E-state index in [1.54, 1.807) is 0 Å².